The van der Waals surface area contributed by atoms with E-state index in [2.05, 4.69) is 25.5 Å². The first kappa shape index (κ1) is 22.3. The number of anilines is 2. The molecule has 0 radical (unpaired) electrons. The van der Waals surface area contributed by atoms with Crippen LogP contribution < -0.4 is 11.1 Å². The van der Waals surface area contributed by atoms with Crippen LogP contribution in [0.15, 0.2) is 30.7 Å². The van der Waals surface area contributed by atoms with Gasteiger partial charge in [-0.05, 0) is 18.6 Å². The van der Waals surface area contributed by atoms with E-state index in [9.17, 15) is 18.0 Å². The Labute approximate surface area is 186 Å². The van der Waals surface area contributed by atoms with E-state index in [1.54, 1.807) is 36.1 Å². The van der Waals surface area contributed by atoms with Crippen molar-refractivity contribution in [3.8, 4) is 11.3 Å². The second-order valence-corrected chi connectivity index (χ2v) is 7.56. The minimum Gasteiger partial charge on any atom is -0.382 e. The van der Waals surface area contributed by atoms with Crippen LogP contribution in [0.5, 0.6) is 0 Å². The van der Waals surface area contributed by atoms with E-state index in [1.165, 1.54) is 22.5 Å². The second-order valence-electron chi connectivity index (χ2n) is 7.56. The number of nitrogens with one attached hydrogen (secondary N) is 1. The van der Waals surface area contributed by atoms with Crippen molar-refractivity contribution in [1.82, 2.24) is 34.1 Å². The summed E-state index contributed by atoms with van der Waals surface area (Å²) in [6.07, 6.45) is 4.89. The topological polar surface area (TPSA) is 119 Å². The van der Waals surface area contributed by atoms with Gasteiger partial charge in [0.2, 0.25) is 11.9 Å². The van der Waals surface area contributed by atoms with Gasteiger partial charge in [-0.15, -0.1) is 5.10 Å². The lowest BCUT2D eigenvalue weighted by Crippen LogP contribution is -2.44. The Kier molecular flexibility index (Phi) is 5.78. The molecular formula is C20H22F3N9O. The Balaban J connectivity index is 0.000000200. The predicted octanol–water partition coefficient (Wildman–Crippen LogP) is 2.47. The standard InChI is InChI=1S/C13H11FN8.C7H11F2NO/c1-16-13-18-12(15)11-10(7(14)6-22(11)20-13)8-2-3-9-17-4-5-21(9)19-8;1-6(11)10-4-2-3-7(8,9)5-10/h2-6H,1H3,(H3,15,16,18,20);2-5H2,1H3. The Morgan fingerprint density at radius 1 is 1.24 bits per heavy atom. The van der Waals surface area contributed by atoms with Crippen molar-refractivity contribution in [1.29, 1.82) is 0 Å². The lowest BCUT2D eigenvalue weighted by molar-refractivity contribution is -0.139. The number of aromatic nitrogens is 6. The van der Waals surface area contributed by atoms with Crippen molar-refractivity contribution in [2.75, 3.05) is 31.2 Å². The van der Waals surface area contributed by atoms with Gasteiger partial charge < -0.3 is 16.0 Å². The van der Waals surface area contributed by atoms with Gasteiger partial charge in [0.05, 0.1) is 24.0 Å². The van der Waals surface area contributed by atoms with E-state index in [-0.39, 0.29) is 23.7 Å². The number of piperidine rings is 1. The van der Waals surface area contributed by atoms with Crippen LogP contribution in [-0.2, 0) is 4.79 Å². The van der Waals surface area contributed by atoms with Crippen molar-refractivity contribution in [2.24, 2.45) is 0 Å². The molecule has 5 heterocycles. The van der Waals surface area contributed by atoms with Crippen LogP contribution >= 0.6 is 0 Å². The Hall–Kier alpha value is -3.90. The van der Waals surface area contributed by atoms with E-state index in [4.69, 9.17) is 5.73 Å². The number of carbonyl (C=O) groups is 1. The number of nitrogens with two attached hydrogens (primary N) is 1. The summed E-state index contributed by atoms with van der Waals surface area (Å²) in [5.41, 5.74) is 7.69. The molecule has 0 atom stereocenters. The molecule has 1 aliphatic heterocycles. The first-order valence-corrected chi connectivity index (χ1v) is 10.1. The maximum atomic E-state index is 14.4. The molecule has 10 nitrogen and oxygen atoms in total. The fourth-order valence-electron chi connectivity index (χ4n) is 3.61. The highest BCUT2D eigenvalue weighted by Gasteiger charge is 2.35. The van der Waals surface area contributed by atoms with Crippen LogP contribution in [0.4, 0.5) is 24.9 Å². The molecule has 5 rings (SSSR count). The first-order valence-electron chi connectivity index (χ1n) is 10.1. The number of amides is 1. The molecule has 0 spiro atoms. The molecule has 0 aliphatic carbocycles. The van der Waals surface area contributed by atoms with Crippen LogP contribution in [-0.4, -0.2) is 66.1 Å². The van der Waals surface area contributed by atoms with Gasteiger partial charge in [-0.1, -0.05) is 0 Å². The summed E-state index contributed by atoms with van der Waals surface area (Å²) < 4.78 is 42.6. The van der Waals surface area contributed by atoms with Gasteiger partial charge in [0, 0.05) is 39.3 Å². The molecule has 1 fully saturated rings. The molecule has 13 heteroatoms. The van der Waals surface area contributed by atoms with Crippen molar-refractivity contribution >= 4 is 28.8 Å². The number of nitrogens with zero attached hydrogens (tertiary/aromatic N) is 7. The summed E-state index contributed by atoms with van der Waals surface area (Å²) in [6, 6.07) is 3.44. The number of halogens is 3. The Morgan fingerprint density at radius 3 is 2.70 bits per heavy atom. The largest absolute Gasteiger partial charge is 0.382 e. The number of imidazole rings is 1. The van der Waals surface area contributed by atoms with Crippen molar-refractivity contribution < 1.29 is 18.0 Å². The fraction of sp³-hybridized carbons (Fsp3) is 0.350. The van der Waals surface area contributed by atoms with Gasteiger partial charge in [0.15, 0.2) is 17.3 Å². The highest BCUT2D eigenvalue weighted by Crippen LogP contribution is 2.30. The molecule has 1 saturated heterocycles. The molecule has 4 aromatic heterocycles. The third-order valence-corrected chi connectivity index (χ3v) is 5.18. The maximum Gasteiger partial charge on any atom is 0.265 e. The van der Waals surface area contributed by atoms with E-state index in [0.717, 1.165) is 0 Å². The molecule has 1 aliphatic rings. The summed E-state index contributed by atoms with van der Waals surface area (Å²) in [6.45, 7) is 1.40. The zero-order chi connectivity index (χ0) is 23.8. The number of rotatable bonds is 2. The zero-order valence-corrected chi connectivity index (χ0v) is 18.0. The zero-order valence-electron chi connectivity index (χ0n) is 18.0. The Bertz CT molecular complexity index is 1320. The number of carbonyl (C=O) groups excluding carboxylic acids is 1. The first-order chi connectivity index (χ1) is 15.7. The molecule has 4 aromatic rings. The average molecular weight is 461 g/mol. The highest BCUT2D eigenvalue weighted by atomic mass is 19.3. The molecule has 0 aromatic carbocycles. The normalized spacial score (nSPS) is 15.4. The average Bonchev–Trinajstić information content (AvgIpc) is 3.36. The van der Waals surface area contributed by atoms with Crippen molar-refractivity contribution in [3.05, 3.63) is 36.5 Å². The molecular weight excluding hydrogens is 439 g/mol. The SMILES string of the molecule is CC(=O)N1CCCC(F)(F)C1.CNc1nc(N)c2c(-c3ccc4nccn4n3)c(F)cn2n1. The van der Waals surface area contributed by atoms with Crippen LogP contribution in [0.3, 0.4) is 0 Å². The van der Waals surface area contributed by atoms with Gasteiger partial charge >= 0.3 is 0 Å². The van der Waals surface area contributed by atoms with E-state index in [0.29, 0.717) is 35.8 Å². The molecule has 0 unspecified atom stereocenters. The summed E-state index contributed by atoms with van der Waals surface area (Å²) >= 11 is 0. The summed E-state index contributed by atoms with van der Waals surface area (Å²) in [5.74, 6) is -2.91. The van der Waals surface area contributed by atoms with E-state index < -0.39 is 18.3 Å². The lowest BCUT2D eigenvalue weighted by Gasteiger charge is -2.31. The fourth-order valence-corrected chi connectivity index (χ4v) is 3.61. The van der Waals surface area contributed by atoms with Crippen molar-refractivity contribution in [3.63, 3.8) is 0 Å². The second kappa shape index (κ2) is 8.56. The van der Waals surface area contributed by atoms with Gasteiger partial charge in [-0.2, -0.15) is 10.1 Å². The van der Waals surface area contributed by atoms with Crippen molar-refractivity contribution in [2.45, 2.75) is 25.7 Å². The third kappa shape index (κ3) is 4.52. The summed E-state index contributed by atoms with van der Waals surface area (Å²) in [5, 5.41) is 11.3. The van der Waals surface area contributed by atoms with Crippen LogP contribution in [0.2, 0.25) is 0 Å². The minimum atomic E-state index is -2.66. The van der Waals surface area contributed by atoms with Crippen LogP contribution in [0.25, 0.3) is 22.4 Å². The number of likely N-dealkylation sites (tertiary alicyclic amines) is 1. The molecule has 174 valence electrons. The summed E-state index contributed by atoms with van der Waals surface area (Å²) in [7, 11) is 1.66. The predicted molar refractivity (Wildman–Crippen MR) is 115 cm³/mol. The van der Waals surface area contributed by atoms with Gasteiger partial charge in [-0.3, -0.25) is 4.79 Å². The number of nitrogen functional groups attached to an aromatic ring is 1. The molecule has 0 bridgehead atoms. The number of hydrogen-bond acceptors (Lipinski definition) is 7. The number of fused-ring (bicyclic) bond motifs is 2. The van der Waals surface area contributed by atoms with Crippen LogP contribution in [0.1, 0.15) is 19.8 Å². The summed E-state index contributed by atoms with van der Waals surface area (Å²) in [4.78, 5) is 20.1. The molecule has 3 N–H and O–H groups in total. The van der Waals surface area contributed by atoms with E-state index in [1.807, 2.05) is 0 Å². The quantitative estimate of drug-likeness (QED) is 0.471. The minimum absolute atomic E-state index is 0.0865. The van der Waals surface area contributed by atoms with E-state index >= 15 is 0 Å². The Morgan fingerprint density at radius 2 is 2.03 bits per heavy atom. The monoisotopic (exact) mass is 461 g/mol. The smallest absolute Gasteiger partial charge is 0.265 e. The molecule has 1 amide bonds. The van der Waals surface area contributed by atoms with Gasteiger partial charge in [-0.25, -0.2) is 27.2 Å². The van der Waals surface area contributed by atoms with Crippen LogP contribution in [0, 0.1) is 5.82 Å². The van der Waals surface area contributed by atoms with Gasteiger partial charge in [0.25, 0.3) is 5.92 Å². The number of alkyl halides is 2. The highest BCUT2D eigenvalue weighted by molar-refractivity contribution is 5.87. The molecule has 0 saturated carbocycles. The third-order valence-electron chi connectivity index (χ3n) is 5.18. The maximum absolute atomic E-state index is 14.4. The lowest BCUT2D eigenvalue weighted by atomic mass is 10.1. The molecule has 33 heavy (non-hydrogen) atoms. The van der Waals surface area contributed by atoms with Gasteiger partial charge in [0.1, 0.15) is 5.52 Å². The number of hydrogen-bond donors (Lipinski definition) is 2.